The van der Waals surface area contributed by atoms with Gasteiger partial charge in [-0.05, 0) is 44.2 Å². The SMILES string of the molecule is Cc1nc2cc(N3CC4CCC3C4)c(N)cc2s1. The van der Waals surface area contributed by atoms with E-state index < -0.39 is 0 Å². The van der Waals surface area contributed by atoms with E-state index >= 15 is 0 Å². The molecule has 2 aromatic rings. The Balaban J connectivity index is 1.82. The molecular formula is C14H17N3S. The number of nitrogens with zero attached hydrogens (tertiary/aromatic N) is 2. The number of thiazole rings is 1. The quantitative estimate of drug-likeness (QED) is 0.800. The molecule has 1 aliphatic heterocycles. The highest BCUT2D eigenvalue weighted by Gasteiger charge is 2.38. The second-order valence-electron chi connectivity index (χ2n) is 5.60. The largest absolute Gasteiger partial charge is 0.397 e. The Kier molecular flexibility index (Phi) is 2.13. The van der Waals surface area contributed by atoms with E-state index in [1.54, 1.807) is 11.3 Å². The Hall–Kier alpha value is -1.29. The number of aromatic nitrogens is 1. The highest BCUT2D eigenvalue weighted by atomic mass is 32.1. The molecule has 94 valence electrons. The van der Waals surface area contributed by atoms with Crippen molar-refractivity contribution in [3.05, 3.63) is 17.1 Å². The summed E-state index contributed by atoms with van der Waals surface area (Å²) in [6.45, 7) is 3.24. The van der Waals surface area contributed by atoms with Crippen molar-refractivity contribution in [1.29, 1.82) is 0 Å². The summed E-state index contributed by atoms with van der Waals surface area (Å²) in [7, 11) is 0. The molecule has 4 heteroatoms. The minimum absolute atomic E-state index is 0.717. The maximum atomic E-state index is 6.24. The Morgan fingerprint density at radius 3 is 3.00 bits per heavy atom. The van der Waals surface area contributed by atoms with Crippen LogP contribution in [-0.2, 0) is 0 Å². The molecular weight excluding hydrogens is 242 g/mol. The van der Waals surface area contributed by atoms with Gasteiger partial charge in [0.1, 0.15) is 0 Å². The summed E-state index contributed by atoms with van der Waals surface area (Å²) in [5.41, 5.74) is 9.47. The molecule has 1 aliphatic carbocycles. The summed E-state index contributed by atoms with van der Waals surface area (Å²) in [5.74, 6) is 0.891. The van der Waals surface area contributed by atoms with Crippen LogP contribution in [-0.4, -0.2) is 17.6 Å². The first-order valence-electron chi connectivity index (χ1n) is 6.64. The molecule has 2 atom stereocenters. The van der Waals surface area contributed by atoms with Gasteiger partial charge in [-0.25, -0.2) is 4.98 Å². The van der Waals surface area contributed by atoms with E-state index in [0.717, 1.165) is 28.2 Å². The predicted octanol–water partition coefficient (Wildman–Crippen LogP) is 3.18. The zero-order valence-corrected chi connectivity index (χ0v) is 11.3. The summed E-state index contributed by atoms with van der Waals surface area (Å²) in [4.78, 5) is 7.10. The Morgan fingerprint density at radius 2 is 2.28 bits per heavy atom. The number of hydrogen-bond donors (Lipinski definition) is 1. The Morgan fingerprint density at radius 1 is 1.39 bits per heavy atom. The first-order chi connectivity index (χ1) is 8.70. The minimum Gasteiger partial charge on any atom is -0.397 e. The lowest BCUT2D eigenvalue weighted by Gasteiger charge is -2.30. The third-order valence-electron chi connectivity index (χ3n) is 4.36. The zero-order valence-electron chi connectivity index (χ0n) is 10.5. The molecule has 1 saturated carbocycles. The van der Waals surface area contributed by atoms with Crippen LogP contribution >= 0.6 is 11.3 Å². The molecule has 1 aromatic carbocycles. The van der Waals surface area contributed by atoms with Crippen LogP contribution in [0.5, 0.6) is 0 Å². The number of nitrogens with two attached hydrogens (primary N) is 1. The molecule has 0 amide bonds. The van der Waals surface area contributed by atoms with Gasteiger partial charge >= 0.3 is 0 Å². The van der Waals surface area contributed by atoms with Gasteiger partial charge in [-0.3, -0.25) is 0 Å². The normalized spacial score (nSPS) is 26.4. The number of anilines is 2. The smallest absolute Gasteiger partial charge is 0.0907 e. The summed E-state index contributed by atoms with van der Waals surface area (Å²) in [6, 6.07) is 5.01. The molecule has 2 unspecified atom stereocenters. The van der Waals surface area contributed by atoms with Crippen LogP contribution in [0.1, 0.15) is 24.3 Å². The summed E-state index contributed by atoms with van der Waals surface area (Å²) < 4.78 is 1.21. The van der Waals surface area contributed by atoms with Crippen LogP contribution in [0.25, 0.3) is 10.2 Å². The summed E-state index contributed by atoms with van der Waals surface area (Å²) in [6.07, 6.45) is 4.09. The molecule has 1 aromatic heterocycles. The molecule has 4 rings (SSSR count). The van der Waals surface area contributed by atoms with Crippen molar-refractivity contribution in [2.75, 3.05) is 17.2 Å². The van der Waals surface area contributed by atoms with Crippen molar-refractivity contribution < 1.29 is 0 Å². The van der Waals surface area contributed by atoms with Gasteiger partial charge in [-0.15, -0.1) is 11.3 Å². The van der Waals surface area contributed by atoms with E-state index in [9.17, 15) is 0 Å². The van der Waals surface area contributed by atoms with Crippen LogP contribution in [0.2, 0.25) is 0 Å². The van der Waals surface area contributed by atoms with E-state index in [2.05, 4.69) is 28.9 Å². The second kappa shape index (κ2) is 3.60. The fourth-order valence-electron chi connectivity index (χ4n) is 3.56. The van der Waals surface area contributed by atoms with Gasteiger partial charge in [0.05, 0.1) is 26.6 Å². The van der Waals surface area contributed by atoms with Gasteiger partial charge in [0.2, 0.25) is 0 Å². The van der Waals surface area contributed by atoms with Crippen LogP contribution in [0.15, 0.2) is 12.1 Å². The number of hydrogen-bond acceptors (Lipinski definition) is 4. The number of aryl methyl sites for hydroxylation is 1. The number of fused-ring (bicyclic) bond motifs is 3. The monoisotopic (exact) mass is 259 g/mol. The van der Waals surface area contributed by atoms with Crippen molar-refractivity contribution in [3.8, 4) is 0 Å². The maximum absolute atomic E-state index is 6.24. The van der Waals surface area contributed by atoms with E-state index in [1.807, 2.05) is 0 Å². The van der Waals surface area contributed by atoms with Gasteiger partial charge in [0, 0.05) is 12.6 Å². The molecule has 2 N–H and O–H groups in total. The molecule has 2 heterocycles. The average molecular weight is 259 g/mol. The van der Waals surface area contributed by atoms with E-state index in [1.165, 1.54) is 36.2 Å². The standard InChI is InChI=1S/C14H17N3S/c1-8-16-12-6-13(11(15)5-14(12)18-8)17-7-9-2-3-10(17)4-9/h5-6,9-10H,2-4,7,15H2,1H3. The molecule has 18 heavy (non-hydrogen) atoms. The molecule has 2 bridgehead atoms. The number of benzene rings is 1. The van der Waals surface area contributed by atoms with Crippen molar-refractivity contribution in [2.24, 2.45) is 5.92 Å². The van der Waals surface area contributed by atoms with Gasteiger partial charge in [0.25, 0.3) is 0 Å². The first kappa shape index (κ1) is 10.6. The highest BCUT2D eigenvalue weighted by Crippen LogP contribution is 2.43. The molecule has 0 radical (unpaired) electrons. The zero-order chi connectivity index (χ0) is 12.3. The van der Waals surface area contributed by atoms with Crippen LogP contribution < -0.4 is 10.6 Å². The summed E-state index contributed by atoms with van der Waals surface area (Å²) >= 11 is 1.72. The van der Waals surface area contributed by atoms with Crippen molar-refractivity contribution in [3.63, 3.8) is 0 Å². The average Bonchev–Trinajstić information content (AvgIpc) is 3.00. The van der Waals surface area contributed by atoms with Gasteiger partial charge in [0.15, 0.2) is 0 Å². The van der Waals surface area contributed by atoms with Gasteiger partial charge in [-0.1, -0.05) is 0 Å². The fraction of sp³-hybridized carbons (Fsp3) is 0.500. The molecule has 3 nitrogen and oxygen atoms in total. The van der Waals surface area contributed by atoms with Gasteiger partial charge in [-0.2, -0.15) is 0 Å². The van der Waals surface area contributed by atoms with Crippen molar-refractivity contribution >= 4 is 32.9 Å². The molecule has 2 fully saturated rings. The maximum Gasteiger partial charge on any atom is 0.0907 e. The summed E-state index contributed by atoms with van der Waals surface area (Å²) in [5, 5.41) is 1.12. The van der Waals surface area contributed by atoms with Crippen molar-refractivity contribution in [2.45, 2.75) is 32.2 Å². The Bertz CT molecular complexity index is 619. The second-order valence-corrected chi connectivity index (χ2v) is 6.83. The predicted molar refractivity (Wildman–Crippen MR) is 77.2 cm³/mol. The highest BCUT2D eigenvalue weighted by molar-refractivity contribution is 7.18. The first-order valence-corrected chi connectivity index (χ1v) is 7.45. The van der Waals surface area contributed by atoms with E-state index in [-0.39, 0.29) is 0 Å². The number of rotatable bonds is 1. The van der Waals surface area contributed by atoms with E-state index in [0.29, 0.717) is 0 Å². The lowest BCUT2D eigenvalue weighted by atomic mass is 10.1. The lowest BCUT2D eigenvalue weighted by molar-refractivity contribution is 0.554. The van der Waals surface area contributed by atoms with Crippen LogP contribution in [0.4, 0.5) is 11.4 Å². The molecule has 1 saturated heterocycles. The minimum atomic E-state index is 0.717. The topological polar surface area (TPSA) is 42.2 Å². The molecule has 0 spiro atoms. The third-order valence-corrected chi connectivity index (χ3v) is 5.30. The lowest BCUT2D eigenvalue weighted by Crippen LogP contribution is -2.32. The molecule has 2 aliphatic rings. The van der Waals surface area contributed by atoms with E-state index in [4.69, 9.17) is 5.73 Å². The van der Waals surface area contributed by atoms with Crippen LogP contribution in [0.3, 0.4) is 0 Å². The number of piperidine rings is 1. The van der Waals surface area contributed by atoms with Gasteiger partial charge < -0.3 is 10.6 Å². The fourth-order valence-corrected chi connectivity index (χ4v) is 4.42. The third kappa shape index (κ3) is 1.45. The Labute approximate surface area is 111 Å². The van der Waals surface area contributed by atoms with Crippen molar-refractivity contribution in [1.82, 2.24) is 4.98 Å². The van der Waals surface area contributed by atoms with Crippen LogP contribution in [0, 0.1) is 12.8 Å². The number of nitrogen functional groups attached to an aromatic ring is 1.